The van der Waals surface area contributed by atoms with Crippen LogP contribution in [0.4, 0.5) is 4.79 Å². The second kappa shape index (κ2) is 5.50. The Kier molecular flexibility index (Phi) is 3.84. The van der Waals surface area contributed by atoms with Crippen molar-refractivity contribution >= 4 is 11.9 Å². The molecule has 0 radical (unpaired) electrons. The third-order valence-electron chi connectivity index (χ3n) is 5.87. The van der Waals surface area contributed by atoms with Crippen LogP contribution in [0.15, 0.2) is 0 Å². The minimum absolute atomic E-state index is 0.140. The molecule has 0 aliphatic heterocycles. The summed E-state index contributed by atoms with van der Waals surface area (Å²) < 4.78 is 0. The summed E-state index contributed by atoms with van der Waals surface area (Å²) in [4.78, 5) is 22.6. The van der Waals surface area contributed by atoms with Gasteiger partial charge in [0.15, 0.2) is 0 Å². The zero-order chi connectivity index (χ0) is 15.0. The Morgan fingerprint density at radius 3 is 2.14 bits per heavy atom. The van der Waals surface area contributed by atoms with Gasteiger partial charge in [-0.1, -0.05) is 0 Å². The minimum atomic E-state index is -0.654. The van der Waals surface area contributed by atoms with Gasteiger partial charge in [-0.05, 0) is 75.0 Å². The Labute approximate surface area is 126 Å². The van der Waals surface area contributed by atoms with Crippen molar-refractivity contribution in [3.8, 4) is 0 Å². The van der Waals surface area contributed by atoms with E-state index in [9.17, 15) is 9.59 Å². The molecule has 5 nitrogen and oxygen atoms in total. The van der Waals surface area contributed by atoms with Crippen molar-refractivity contribution in [2.75, 3.05) is 6.54 Å². The Morgan fingerprint density at radius 1 is 1.14 bits per heavy atom. The van der Waals surface area contributed by atoms with E-state index in [1.165, 1.54) is 38.5 Å². The largest absolute Gasteiger partial charge is 0.354 e. The highest BCUT2D eigenvalue weighted by Gasteiger charge is 2.50. The highest BCUT2D eigenvalue weighted by atomic mass is 16.2. The third-order valence-corrected chi connectivity index (χ3v) is 5.87. The molecule has 1 unspecified atom stereocenters. The van der Waals surface area contributed by atoms with E-state index in [1.54, 1.807) is 6.92 Å². The molecule has 4 aliphatic carbocycles. The van der Waals surface area contributed by atoms with E-state index in [1.807, 2.05) is 0 Å². The average molecular weight is 293 g/mol. The second-order valence-corrected chi connectivity index (χ2v) is 7.69. The van der Waals surface area contributed by atoms with Gasteiger partial charge in [0.1, 0.15) is 6.04 Å². The summed E-state index contributed by atoms with van der Waals surface area (Å²) in [6.07, 6.45) is 9.53. The van der Waals surface area contributed by atoms with Crippen LogP contribution in [0.3, 0.4) is 0 Å². The van der Waals surface area contributed by atoms with Crippen LogP contribution in [0.2, 0.25) is 0 Å². The molecule has 3 amide bonds. The van der Waals surface area contributed by atoms with Gasteiger partial charge < -0.3 is 16.4 Å². The Bertz CT molecular complexity index is 400. The summed E-state index contributed by atoms with van der Waals surface area (Å²) in [5.41, 5.74) is 5.52. The van der Waals surface area contributed by atoms with Gasteiger partial charge in [0, 0.05) is 6.54 Å². The van der Waals surface area contributed by atoms with E-state index in [-0.39, 0.29) is 5.91 Å². The Morgan fingerprint density at radius 2 is 1.67 bits per heavy atom. The van der Waals surface area contributed by atoms with Crippen LogP contribution in [0.25, 0.3) is 0 Å². The molecule has 0 aromatic rings. The molecule has 0 saturated heterocycles. The molecule has 4 saturated carbocycles. The molecule has 0 spiro atoms. The zero-order valence-electron chi connectivity index (χ0n) is 12.9. The summed E-state index contributed by atoms with van der Waals surface area (Å²) in [6, 6.07) is -1.21. The van der Waals surface area contributed by atoms with Gasteiger partial charge in [0.25, 0.3) is 0 Å². The van der Waals surface area contributed by atoms with E-state index in [2.05, 4.69) is 10.6 Å². The predicted molar refractivity (Wildman–Crippen MR) is 80.4 cm³/mol. The molecule has 0 aromatic heterocycles. The molecule has 21 heavy (non-hydrogen) atoms. The fourth-order valence-electron chi connectivity index (χ4n) is 5.48. The van der Waals surface area contributed by atoms with Gasteiger partial charge in [-0.3, -0.25) is 4.79 Å². The van der Waals surface area contributed by atoms with Crippen LogP contribution >= 0.6 is 0 Å². The number of rotatable bonds is 5. The number of amides is 3. The molecule has 5 heteroatoms. The number of hydrogen-bond acceptors (Lipinski definition) is 2. The van der Waals surface area contributed by atoms with Crippen LogP contribution < -0.4 is 16.4 Å². The standard InChI is InChI=1S/C16H27N3O2/c1-10(19-15(17)21)14(20)18-3-2-16-7-11-4-12(8-16)6-13(5-11)9-16/h10-13H,2-9H2,1H3,(H,18,20)(H3,17,19,21). The normalized spacial score (nSPS) is 38.0. The smallest absolute Gasteiger partial charge is 0.312 e. The maximum Gasteiger partial charge on any atom is 0.312 e. The fourth-order valence-corrected chi connectivity index (χ4v) is 5.48. The number of hydrogen-bond donors (Lipinski definition) is 3. The second-order valence-electron chi connectivity index (χ2n) is 7.69. The van der Waals surface area contributed by atoms with Crippen LogP contribution in [-0.4, -0.2) is 24.5 Å². The van der Waals surface area contributed by atoms with Gasteiger partial charge in [0.05, 0.1) is 0 Å². The van der Waals surface area contributed by atoms with Crippen LogP contribution in [0.5, 0.6) is 0 Å². The number of carbonyl (C=O) groups is 2. The maximum atomic E-state index is 11.9. The first-order valence-electron chi connectivity index (χ1n) is 8.29. The Hall–Kier alpha value is -1.26. The molecule has 0 aromatic carbocycles. The average Bonchev–Trinajstić information content (AvgIpc) is 2.35. The number of nitrogens with one attached hydrogen (secondary N) is 2. The van der Waals surface area contributed by atoms with Gasteiger partial charge in [-0.25, -0.2) is 4.79 Å². The predicted octanol–water partition coefficient (Wildman–Crippen LogP) is 1.77. The molecule has 1 atom stereocenters. The number of carbonyl (C=O) groups excluding carboxylic acids is 2. The third kappa shape index (κ3) is 3.16. The minimum Gasteiger partial charge on any atom is -0.354 e. The topological polar surface area (TPSA) is 84.2 Å². The van der Waals surface area contributed by atoms with Crippen LogP contribution in [0.1, 0.15) is 51.9 Å². The molecular weight excluding hydrogens is 266 g/mol. The van der Waals surface area contributed by atoms with Crippen molar-refractivity contribution < 1.29 is 9.59 Å². The van der Waals surface area contributed by atoms with Crippen LogP contribution in [0, 0.1) is 23.2 Å². The first-order valence-corrected chi connectivity index (χ1v) is 8.29. The van der Waals surface area contributed by atoms with E-state index >= 15 is 0 Å². The molecule has 4 N–H and O–H groups in total. The van der Waals surface area contributed by atoms with Crippen molar-refractivity contribution in [1.82, 2.24) is 10.6 Å². The summed E-state index contributed by atoms with van der Waals surface area (Å²) in [5.74, 6) is 2.70. The summed E-state index contributed by atoms with van der Waals surface area (Å²) >= 11 is 0. The molecule has 0 heterocycles. The molecular formula is C16H27N3O2. The number of urea groups is 1. The van der Waals surface area contributed by atoms with Gasteiger partial charge >= 0.3 is 6.03 Å². The number of nitrogens with two attached hydrogens (primary N) is 1. The molecule has 4 aliphatic rings. The van der Waals surface area contributed by atoms with Gasteiger partial charge in [-0.15, -0.1) is 0 Å². The van der Waals surface area contributed by atoms with E-state index in [0.29, 0.717) is 5.41 Å². The van der Waals surface area contributed by atoms with Crippen molar-refractivity contribution in [3.05, 3.63) is 0 Å². The van der Waals surface area contributed by atoms with Crippen molar-refractivity contribution in [3.63, 3.8) is 0 Å². The Balaban J connectivity index is 1.47. The quantitative estimate of drug-likeness (QED) is 0.721. The van der Waals surface area contributed by atoms with E-state index in [0.717, 1.165) is 30.7 Å². The highest BCUT2D eigenvalue weighted by Crippen LogP contribution is 2.61. The monoisotopic (exact) mass is 293 g/mol. The fraction of sp³-hybridized carbons (Fsp3) is 0.875. The first-order chi connectivity index (χ1) is 9.96. The number of primary amides is 1. The van der Waals surface area contributed by atoms with E-state index in [4.69, 9.17) is 5.73 Å². The first kappa shape index (κ1) is 14.7. The van der Waals surface area contributed by atoms with E-state index < -0.39 is 12.1 Å². The van der Waals surface area contributed by atoms with Gasteiger partial charge in [-0.2, -0.15) is 0 Å². The lowest BCUT2D eigenvalue weighted by Gasteiger charge is -2.57. The van der Waals surface area contributed by atoms with Crippen LogP contribution in [-0.2, 0) is 4.79 Å². The molecule has 4 bridgehead atoms. The lowest BCUT2D eigenvalue weighted by atomic mass is 9.49. The van der Waals surface area contributed by atoms with Crippen molar-refractivity contribution in [2.45, 2.75) is 57.9 Å². The van der Waals surface area contributed by atoms with Crippen molar-refractivity contribution in [2.24, 2.45) is 28.9 Å². The summed E-state index contributed by atoms with van der Waals surface area (Å²) in [5, 5.41) is 5.37. The zero-order valence-corrected chi connectivity index (χ0v) is 12.9. The summed E-state index contributed by atoms with van der Waals surface area (Å²) in [7, 11) is 0. The molecule has 4 fully saturated rings. The summed E-state index contributed by atoms with van der Waals surface area (Å²) in [6.45, 7) is 2.38. The SMILES string of the molecule is CC(NC(N)=O)C(=O)NCCC12CC3CC(CC(C3)C1)C2. The van der Waals surface area contributed by atoms with Crippen molar-refractivity contribution in [1.29, 1.82) is 0 Å². The maximum absolute atomic E-state index is 11.9. The molecule has 118 valence electrons. The van der Waals surface area contributed by atoms with Gasteiger partial charge in [0.2, 0.25) is 5.91 Å². The highest BCUT2D eigenvalue weighted by molar-refractivity contribution is 5.86. The molecule has 4 rings (SSSR count). The lowest BCUT2D eigenvalue weighted by Crippen LogP contribution is -2.49. The lowest BCUT2D eigenvalue weighted by molar-refractivity contribution is -0.122.